The molecule has 0 spiro atoms. The largest absolute Gasteiger partial charge is 0.497 e. The highest BCUT2D eigenvalue weighted by molar-refractivity contribution is 8.00. The van der Waals surface area contributed by atoms with Gasteiger partial charge >= 0.3 is 5.97 Å². The maximum Gasteiger partial charge on any atom is 0.316 e. The Balaban J connectivity index is 1.75. The Morgan fingerprint density at radius 2 is 2.00 bits per heavy atom. The molecule has 0 radical (unpaired) electrons. The lowest BCUT2D eigenvalue weighted by Gasteiger charge is -2.05. The van der Waals surface area contributed by atoms with Crippen LogP contribution in [0.15, 0.2) is 47.5 Å². The number of halogens is 1. The first-order chi connectivity index (χ1) is 10.2. The molecule has 4 nitrogen and oxygen atoms in total. The second kappa shape index (κ2) is 7.90. The highest BCUT2D eigenvalue weighted by Crippen LogP contribution is 2.21. The molecule has 110 valence electrons. The van der Waals surface area contributed by atoms with Crippen LogP contribution in [0.5, 0.6) is 5.75 Å². The minimum absolute atomic E-state index is 0.201. The van der Waals surface area contributed by atoms with E-state index in [1.54, 1.807) is 25.4 Å². The number of benzene rings is 1. The van der Waals surface area contributed by atoms with E-state index in [9.17, 15) is 4.79 Å². The first kappa shape index (κ1) is 15.7. The van der Waals surface area contributed by atoms with Crippen LogP contribution >= 0.6 is 23.4 Å². The number of ether oxygens (including phenoxy) is 2. The van der Waals surface area contributed by atoms with Crippen LogP contribution in [0.3, 0.4) is 0 Å². The lowest BCUT2D eigenvalue weighted by molar-refractivity contribution is -0.141. The van der Waals surface area contributed by atoms with Crippen molar-refractivity contribution in [3.05, 3.63) is 53.3 Å². The van der Waals surface area contributed by atoms with Gasteiger partial charge in [0, 0.05) is 16.7 Å². The van der Waals surface area contributed by atoms with Gasteiger partial charge in [0.15, 0.2) is 0 Å². The molecule has 0 saturated heterocycles. The van der Waals surface area contributed by atoms with Gasteiger partial charge in [0.1, 0.15) is 17.5 Å². The average Bonchev–Trinajstić information content (AvgIpc) is 2.53. The Morgan fingerprint density at radius 3 is 2.62 bits per heavy atom. The Morgan fingerprint density at radius 1 is 1.24 bits per heavy atom. The van der Waals surface area contributed by atoms with Gasteiger partial charge in [-0.3, -0.25) is 4.79 Å². The molecule has 0 saturated carbocycles. The lowest BCUT2D eigenvalue weighted by atomic mass is 10.3. The van der Waals surface area contributed by atoms with E-state index in [2.05, 4.69) is 4.98 Å². The fourth-order valence-electron chi connectivity index (χ4n) is 1.51. The van der Waals surface area contributed by atoms with Gasteiger partial charge in [0.25, 0.3) is 0 Å². The van der Waals surface area contributed by atoms with E-state index in [1.807, 2.05) is 24.3 Å². The highest BCUT2D eigenvalue weighted by Gasteiger charge is 2.05. The summed E-state index contributed by atoms with van der Waals surface area (Å²) in [5.74, 6) is 0.774. The molecule has 1 heterocycles. The third-order valence-electron chi connectivity index (χ3n) is 2.60. The highest BCUT2D eigenvalue weighted by atomic mass is 35.5. The van der Waals surface area contributed by atoms with Gasteiger partial charge in [-0.15, -0.1) is 11.8 Å². The van der Waals surface area contributed by atoms with Crippen molar-refractivity contribution in [1.82, 2.24) is 4.98 Å². The van der Waals surface area contributed by atoms with E-state index < -0.39 is 0 Å². The molecular weight excluding hydrogens is 310 g/mol. The topological polar surface area (TPSA) is 48.4 Å². The van der Waals surface area contributed by atoms with E-state index in [4.69, 9.17) is 21.1 Å². The number of thioether (sulfide) groups is 1. The molecule has 6 heteroatoms. The smallest absolute Gasteiger partial charge is 0.316 e. The van der Waals surface area contributed by atoms with Crippen LogP contribution in [0.2, 0.25) is 5.15 Å². The average molecular weight is 324 g/mol. The number of rotatable bonds is 6. The number of carbonyl (C=O) groups excluding carboxylic acids is 1. The quantitative estimate of drug-likeness (QED) is 0.462. The number of aromatic nitrogens is 1. The standard InChI is InChI=1S/C15H14ClNO3S/c1-19-12-3-5-13(6-4-12)21-10-15(18)20-9-11-2-7-14(16)17-8-11/h2-8H,9-10H2,1H3. The van der Waals surface area contributed by atoms with E-state index in [1.165, 1.54) is 11.8 Å². The van der Waals surface area contributed by atoms with Gasteiger partial charge in [0.05, 0.1) is 12.9 Å². The second-order valence-electron chi connectivity index (χ2n) is 4.11. The molecule has 1 aromatic carbocycles. The van der Waals surface area contributed by atoms with E-state index in [0.717, 1.165) is 16.2 Å². The number of hydrogen-bond donors (Lipinski definition) is 0. The van der Waals surface area contributed by atoms with Crippen molar-refractivity contribution in [2.24, 2.45) is 0 Å². The molecule has 0 aliphatic heterocycles. The molecule has 21 heavy (non-hydrogen) atoms. The number of nitrogens with zero attached hydrogens (tertiary/aromatic N) is 1. The van der Waals surface area contributed by atoms with Gasteiger partial charge in [-0.1, -0.05) is 17.7 Å². The molecule has 0 bridgehead atoms. The van der Waals surface area contributed by atoms with Crippen LogP contribution < -0.4 is 4.74 Å². The Labute approximate surface area is 132 Å². The van der Waals surface area contributed by atoms with E-state index in [0.29, 0.717) is 5.15 Å². The molecule has 0 aliphatic carbocycles. The van der Waals surface area contributed by atoms with Crippen LogP contribution in [0.4, 0.5) is 0 Å². The van der Waals surface area contributed by atoms with Crippen molar-refractivity contribution in [2.45, 2.75) is 11.5 Å². The normalized spacial score (nSPS) is 10.2. The third-order valence-corrected chi connectivity index (χ3v) is 3.81. The lowest BCUT2D eigenvalue weighted by Crippen LogP contribution is -2.07. The van der Waals surface area contributed by atoms with Crippen molar-refractivity contribution in [2.75, 3.05) is 12.9 Å². The van der Waals surface area contributed by atoms with Gasteiger partial charge in [-0.2, -0.15) is 0 Å². The van der Waals surface area contributed by atoms with Gasteiger partial charge < -0.3 is 9.47 Å². The van der Waals surface area contributed by atoms with Crippen LogP contribution in [-0.2, 0) is 16.1 Å². The monoisotopic (exact) mass is 323 g/mol. The number of pyridine rings is 1. The van der Waals surface area contributed by atoms with Crippen LogP contribution in [0.25, 0.3) is 0 Å². The Kier molecular flexibility index (Phi) is 5.90. The van der Waals surface area contributed by atoms with Crippen LogP contribution in [-0.4, -0.2) is 23.8 Å². The molecule has 0 amide bonds. The summed E-state index contributed by atoms with van der Waals surface area (Å²) in [5, 5.41) is 0.417. The summed E-state index contributed by atoms with van der Waals surface area (Å²) in [4.78, 5) is 16.6. The SMILES string of the molecule is COc1ccc(SCC(=O)OCc2ccc(Cl)nc2)cc1. The summed E-state index contributed by atoms with van der Waals surface area (Å²) in [6.45, 7) is 0.201. The zero-order valence-corrected chi connectivity index (χ0v) is 13.0. The zero-order valence-electron chi connectivity index (χ0n) is 11.4. The molecule has 0 aliphatic rings. The Bertz CT molecular complexity index is 587. The molecule has 0 fully saturated rings. The zero-order chi connectivity index (χ0) is 15.1. The van der Waals surface area contributed by atoms with E-state index >= 15 is 0 Å². The molecule has 1 aromatic heterocycles. The molecular formula is C15H14ClNO3S. The van der Waals surface area contributed by atoms with Gasteiger partial charge in [0.2, 0.25) is 0 Å². The minimum atomic E-state index is -0.272. The summed E-state index contributed by atoms with van der Waals surface area (Å²) in [5.41, 5.74) is 0.808. The fraction of sp³-hybridized carbons (Fsp3) is 0.200. The molecule has 0 unspecified atom stereocenters. The van der Waals surface area contributed by atoms with Crippen molar-refractivity contribution < 1.29 is 14.3 Å². The van der Waals surface area contributed by atoms with Crippen molar-refractivity contribution in [3.8, 4) is 5.75 Å². The van der Waals surface area contributed by atoms with Crippen molar-refractivity contribution in [1.29, 1.82) is 0 Å². The molecule has 2 aromatic rings. The number of hydrogen-bond acceptors (Lipinski definition) is 5. The molecule has 2 rings (SSSR count). The maximum atomic E-state index is 11.7. The van der Waals surface area contributed by atoms with Crippen molar-refractivity contribution in [3.63, 3.8) is 0 Å². The number of methoxy groups -OCH3 is 1. The number of carbonyl (C=O) groups is 1. The molecule has 0 atom stereocenters. The summed E-state index contributed by atoms with van der Waals surface area (Å²) in [6, 6.07) is 11.0. The van der Waals surface area contributed by atoms with Crippen LogP contribution in [0, 0.1) is 0 Å². The summed E-state index contributed by atoms with van der Waals surface area (Å²) < 4.78 is 10.2. The Hall–Kier alpha value is -1.72. The first-order valence-corrected chi connectivity index (χ1v) is 7.56. The summed E-state index contributed by atoms with van der Waals surface area (Å²) in [6.07, 6.45) is 1.59. The summed E-state index contributed by atoms with van der Waals surface area (Å²) >= 11 is 7.10. The van der Waals surface area contributed by atoms with Crippen LogP contribution in [0.1, 0.15) is 5.56 Å². The summed E-state index contributed by atoms with van der Waals surface area (Å²) in [7, 11) is 1.62. The van der Waals surface area contributed by atoms with Gasteiger partial charge in [-0.25, -0.2) is 4.98 Å². The third kappa shape index (κ3) is 5.28. The van der Waals surface area contributed by atoms with E-state index in [-0.39, 0.29) is 18.3 Å². The number of esters is 1. The predicted molar refractivity (Wildman–Crippen MR) is 82.8 cm³/mol. The predicted octanol–water partition coefficient (Wildman–Crippen LogP) is 3.58. The second-order valence-corrected chi connectivity index (χ2v) is 5.55. The minimum Gasteiger partial charge on any atom is -0.497 e. The van der Waals surface area contributed by atoms with Crippen molar-refractivity contribution >= 4 is 29.3 Å². The van der Waals surface area contributed by atoms with Gasteiger partial charge in [-0.05, 0) is 30.3 Å². The fourth-order valence-corrected chi connectivity index (χ4v) is 2.32. The maximum absolute atomic E-state index is 11.7. The molecule has 0 N–H and O–H groups in total. The first-order valence-electron chi connectivity index (χ1n) is 6.20.